The van der Waals surface area contributed by atoms with E-state index in [-0.39, 0.29) is 18.3 Å². The number of phenolic OH excluding ortho intramolecular Hbond substituents is 1. The Morgan fingerprint density at radius 1 is 1.14 bits per heavy atom. The largest absolute Gasteiger partial charge is 0.503 e. The molecule has 0 radical (unpaired) electrons. The van der Waals surface area contributed by atoms with Gasteiger partial charge in [0.2, 0.25) is 5.95 Å². The van der Waals surface area contributed by atoms with Crippen LogP contribution in [0.2, 0.25) is 0 Å². The number of urea groups is 1. The lowest BCUT2D eigenvalue weighted by Crippen LogP contribution is -2.49. The van der Waals surface area contributed by atoms with Crippen molar-refractivity contribution in [3.63, 3.8) is 0 Å². The molecule has 4 rings (SSSR count). The topological polar surface area (TPSA) is 84.8 Å². The molecule has 2 amide bonds. The number of unbranched alkanes of at least 4 members (excludes halogenated alkanes) is 2. The third-order valence-electron chi connectivity index (χ3n) is 6.79. The molecule has 1 aromatic carbocycles. The van der Waals surface area contributed by atoms with Crippen LogP contribution in [0, 0.1) is 11.6 Å². The number of phenols is 1. The summed E-state index contributed by atoms with van der Waals surface area (Å²) in [5.41, 5.74) is 0.489. The van der Waals surface area contributed by atoms with Gasteiger partial charge in [0.1, 0.15) is 5.82 Å². The van der Waals surface area contributed by atoms with Gasteiger partial charge in [-0.05, 0) is 72.1 Å². The van der Waals surface area contributed by atoms with Gasteiger partial charge in [-0.1, -0.05) is 6.42 Å². The molecule has 0 unspecified atom stereocenters. The standard InChI is InChI=1S/C26H36F2N6O2/c1-16(2)32(17(3)4)13-7-5-6-12-29-25-30-14-18-15-33(21-11-10-20(27)23(35)22(21)28)26(36)34(19-8-9-19)24(18)31-25/h10-11,14,16-17,19,35H,5-9,12-13,15H2,1-4H3,(H,29,30,31). The van der Waals surface area contributed by atoms with E-state index in [1.807, 2.05) is 0 Å². The summed E-state index contributed by atoms with van der Waals surface area (Å²) in [4.78, 5) is 27.6. The van der Waals surface area contributed by atoms with Crippen LogP contribution in [-0.2, 0) is 6.54 Å². The molecule has 0 spiro atoms. The van der Waals surface area contributed by atoms with E-state index in [2.05, 4.69) is 47.9 Å². The minimum absolute atomic E-state index is 0.0243. The molecule has 0 bridgehead atoms. The molecule has 1 aromatic heterocycles. The van der Waals surface area contributed by atoms with Gasteiger partial charge in [0.05, 0.1) is 12.2 Å². The van der Waals surface area contributed by atoms with Crippen molar-refractivity contribution in [3.8, 4) is 5.75 Å². The van der Waals surface area contributed by atoms with Crippen molar-refractivity contribution in [3.05, 3.63) is 35.5 Å². The number of carbonyl (C=O) groups excluding carboxylic acids is 1. The summed E-state index contributed by atoms with van der Waals surface area (Å²) in [5, 5.41) is 13.0. The number of aromatic hydroxyl groups is 1. The second kappa shape index (κ2) is 10.9. The highest BCUT2D eigenvalue weighted by molar-refractivity contribution is 6.06. The fourth-order valence-corrected chi connectivity index (χ4v) is 4.76. The van der Waals surface area contributed by atoms with Gasteiger partial charge in [-0.25, -0.2) is 18.6 Å². The fraction of sp³-hybridized carbons (Fsp3) is 0.577. The smallest absolute Gasteiger partial charge is 0.330 e. The van der Waals surface area contributed by atoms with Crippen molar-refractivity contribution < 1.29 is 18.7 Å². The summed E-state index contributed by atoms with van der Waals surface area (Å²) in [5.74, 6) is -2.35. The number of hydrogen-bond donors (Lipinski definition) is 2. The molecule has 10 heteroatoms. The Bertz CT molecular complexity index is 1080. The lowest BCUT2D eigenvalue weighted by molar-refractivity contribution is 0.171. The first-order valence-corrected chi connectivity index (χ1v) is 12.8. The van der Waals surface area contributed by atoms with Gasteiger partial charge in [-0.2, -0.15) is 4.98 Å². The molecule has 1 aliphatic carbocycles. The average Bonchev–Trinajstić information content (AvgIpc) is 3.66. The third kappa shape index (κ3) is 5.53. The number of aromatic nitrogens is 2. The number of carbonyl (C=O) groups is 1. The fourth-order valence-electron chi connectivity index (χ4n) is 4.76. The van der Waals surface area contributed by atoms with Gasteiger partial charge >= 0.3 is 6.03 Å². The molecule has 36 heavy (non-hydrogen) atoms. The summed E-state index contributed by atoms with van der Waals surface area (Å²) in [6.45, 7) is 10.7. The summed E-state index contributed by atoms with van der Waals surface area (Å²) in [6, 6.07) is 2.71. The molecular formula is C26H36F2N6O2. The Labute approximate surface area is 211 Å². The van der Waals surface area contributed by atoms with Crippen molar-refractivity contribution in [2.24, 2.45) is 0 Å². The molecule has 1 aliphatic heterocycles. The predicted molar refractivity (Wildman–Crippen MR) is 136 cm³/mol. The van der Waals surface area contributed by atoms with Crippen molar-refractivity contribution in [2.75, 3.05) is 28.2 Å². The number of amides is 2. The van der Waals surface area contributed by atoms with Crippen LogP contribution in [-0.4, -0.2) is 57.2 Å². The first-order chi connectivity index (χ1) is 17.2. The first kappa shape index (κ1) is 26.1. The van der Waals surface area contributed by atoms with E-state index in [4.69, 9.17) is 0 Å². The van der Waals surface area contributed by atoms with Crippen LogP contribution < -0.4 is 15.1 Å². The van der Waals surface area contributed by atoms with Crippen LogP contribution >= 0.6 is 0 Å². The zero-order valence-electron chi connectivity index (χ0n) is 21.5. The van der Waals surface area contributed by atoms with E-state index >= 15 is 0 Å². The lowest BCUT2D eigenvalue weighted by atomic mass is 10.1. The molecule has 0 atom stereocenters. The number of halogens is 2. The molecule has 1 saturated carbocycles. The molecule has 1 fully saturated rings. The summed E-state index contributed by atoms with van der Waals surface area (Å²) < 4.78 is 28.2. The molecule has 2 heterocycles. The molecule has 2 aliphatic rings. The molecule has 2 aromatic rings. The maximum Gasteiger partial charge on any atom is 0.330 e. The Morgan fingerprint density at radius 3 is 2.53 bits per heavy atom. The monoisotopic (exact) mass is 502 g/mol. The summed E-state index contributed by atoms with van der Waals surface area (Å²) in [7, 11) is 0. The van der Waals surface area contributed by atoms with E-state index < -0.39 is 23.4 Å². The Kier molecular flexibility index (Phi) is 7.92. The number of benzene rings is 1. The van der Waals surface area contributed by atoms with E-state index in [9.17, 15) is 18.7 Å². The zero-order chi connectivity index (χ0) is 26.0. The van der Waals surface area contributed by atoms with Gasteiger partial charge in [0.15, 0.2) is 17.4 Å². The zero-order valence-corrected chi connectivity index (χ0v) is 21.5. The number of fused-ring (bicyclic) bond motifs is 1. The molecular weight excluding hydrogens is 466 g/mol. The van der Waals surface area contributed by atoms with E-state index in [1.54, 1.807) is 11.1 Å². The van der Waals surface area contributed by atoms with Crippen LogP contribution in [0.4, 0.5) is 31.0 Å². The Balaban J connectivity index is 1.41. The van der Waals surface area contributed by atoms with Crippen molar-refractivity contribution in [1.82, 2.24) is 14.9 Å². The minimum Gasteiger partial charge on any atom is -0.503 e. The van der Waals surface area contributed by atoms with Gasteiger partial charge in [0, 0.05) is 36.4 Å². The summed E-state index contributed by atoms with van der Waals surface area (Å²) >= 11 is 0. The lowest BCUT2D eigenvalue weighted by Gasteiger charge is -2.36. The van der Waals surface area contributed by atoms with Crippen LogP contribution in [0.5, 0.6) is 5.75 Å². The van der Waals surface area contributed by atoms with Crippen molar-refractivity contribution in [1.29, 1.82) is 0 Å². The van der Waals surface area contributed by atoms with Crippen molar-refractivity contribution in [2.45, 2.75) is 84.5 Å². The third-order valence-corrected chi connectivity index (χ3v) is 6.79. The van der Waals surface area contributed by atoms with Crippen LogP contribution in [0.15, 0.2) is 18.3 Å². The first-order valence-electron chi connectivity index (χ1n) is 12.8. The minimum atomic E-state index is -1.16. The average molecular weight is 503 g/mol. The van der Waals surface area contributed by atoms with Crippen LogP contribution in [0.3, 0.4) is 0 Å². The van der Waals surface area contributed by atoms with Crippen molar-refractivity contribution >= 4 is 23.5 Å². The predicted octanol–water partition coefficient (Wildman–Crippen LogP) is 5.27. The Morgan fingerprint density at radius 2 is 1.86 bits per heavy atom. The maximum atomic E-state index is 14.6. The van der Waals surface area contributed by atoms with E-state index in [0.717, 1.165) is 57.3 Å². The number of hydrogen-bond acceptors (Lipinski definition) is 6. The molecule has 196 valence electrons. The van der Waals surface area contributed by atoms with Crippen LogP contribution in [0.1, 0.15) is 65.4 Å². The van der Waals surface area contributed by atoms with E-state index in [0.29, 0.717) is 29.4 Å². The maximum absolute atomic E-state index is 14.6. The van der Waals surface area contributed by atoms with Crippen LogP contribution in [0.25, 0.3) is 0 Å². The van der Waals surface area contributed by atoms with Gasteiger partial charge in [0.25, 0.3) is 0 Å². The highest BCUT2D eigenvalue weighted by atomic mass is 19.1. The number of rotatable bonds is 11. The number of nitrogens with one attached hydrogen (secondary N) is 1. The summed E-state index contributed by atoms with van der Waals surface area (Å²) in [6.07, 6.45) is 6.49. The normalized spacial score (nSPS) is 15.9. The van der Waals surface area contributed by atoms with Gasteiger partial charge < -0.3 is 10.4 Å². The second-order valence-electron chi connectivity index (χ2n) is 10.2. The van der Waals surface area contributed by atoms with Gasteiger partial charge in [-0.3, -0.25) is 14.7 Å². The number of nitrogens with zero attached hydrogens (tertiary/aromatic N) is 5. The molecule has 0 saturated heterocycles. The Hall–Kier alpha value is -3.01. The SMILES string of the molecule is CC(C)N(CCCCCNc1ncc2c(n1)N(C1CC1)C(=O)N(c1ccc(F)c(O)c1F)C2)C(C)C. The molecule has 8 nitrogen and oxygen atoms in total. The quantitative estimate of drug-likeness (QED) is 0.407. The molecule has 2 N–H and O–H groups in total. The number of anilines is 3. The highest BCUT2D eigenvalue weighted by Crippen LogP contribution is 2.40. The van der Waals surface area contributed by atoms with Gasteiger partial charge in [-0.15, -0.1) is 0 Å². The second-order valence-corrected chi connectivity index (χ2v) is 10.2. The van der Waals surface area contributed by atoms with E-state index in [1.165, 1.54) is 4.90 Å². The highest BCUT2D eigenvalue weighted by Gasteiger charge is 2.42.